The van der Waals surface area contributed by atoms with Crippen molar-refractivity contribution in [1.29, 1.82) is 0 Å². The van der Waals surface area contributed by atoms with Crippen LogP contribution in [0.2, 0.25) is 0 Å². The van der Waals surface area contributed by atoms with Crippen molar-refractivity contribution in [3.05, 3.63) is 30.1 Å². The average Bonchev–Trinajstić information content (AvgIpc) is 2.80. The number of halogens is 3. The largest absolute Gasteiger partial charge is 0.473 e. The maximum atomic E-state index is 12.5. The smallest absolute Gasteiger partial charge is 0.419 e. The molecule has 0 atom stereocenters. The first kappa shape index (κ1) is 14.2. The van der Waals surface area contributed by atoms with Crippen LogP contribution in [0.25, 0.3) is 5.82 Å². The molecule has 2 aromatic heterocycles. The molecule has 0 saturated heterocycles. The predicted molar refractivity (Wildman–Crippen MR) is 66.5 cm³/mol. The lowest BCUT2D eigenvalue weighted by Crippen LogP contribution is -2.10. The third-order valence-corrected chi connectivity index (χ3v) is 2.37. The highest BCUT2D eigenvalue weighted by molar-refractivity contribution is 5.50. The zero-order valence-corrected chi connectivity index (χ0v) is 10.8. The van der Waals surface area contributed by atoms with Crippen LogP contribution in [0.4, 0.5) is 18.9 Å². The molecule has 20 heavy (non-hydrogen) atoms. The summed E-state index contributed by atoms with van der Waals surface area (Å²) in [5, 5.41) is 3.64. The summed E-state index contributed by atoms with van der Waals surface area (Å²) >= 11 is 0. The van der Waals surface area contributed by atoms with Crippen LogP contribution in [-0.4, -0.2) is 20.9 Å². The monoisotopic (exact) mass is 286 g/mol. The van der Waals surface area contributed by atoms with E-state index in [2.05, 4.69) is 10.1 Å². The zero-order chi connectivity index (χ0) is 14.9. The van der Waals surface area contributed by atoms with Crippen molar-refractivity contribution >= 4 is 5.69 Å². The molecule has 0 fully saturated rings. The Hall–Kier alpha value is -2.25. The van der Waals surface area contributed by atoms with Crippen molar-refractivity contribution in [2.45, 2.75) is 26.1 Å². The Labute approximate surface area is 113 Å². The van der Waals surface area contributed by atoms with Crippen molar-refractivity contribution in [3.63, 3.8) is 0 Å². The summed E-state index contributed by atoms with van der Waals surface area (Å²) in [6.45, 7) is 3.59. The molecule has 2 heterocycles. The van der Waals surface area contributed by atoms with Gasteiger partial charge in [-0.05, 0) is 26.0 Å². The number of nitrogens with two attached hydrogens (primary N) is 1. The van der Waals surface area contributed by atoms with Gasteiger partial charge in [-0.3, -0.25) is 0 Å². The second-order valence-electron chi connectivity index (χ2n) is 4.40. The topological polar surface area (TPSA) is 66.0 Å². The molecule has 108 valence electrons. The van der Waals surface area contributed by atoms with Gasteiger partial charge in [0.2, 0.25) is 5.88 Å². The van der Waals surface area contributed by atoms with Crippen LogP contribution in [0.3, 0.4) is 0 Å². The van der Waals surface area contributed by atoms with Gasteiger partial charge in [0, 0.05) is 6.20 Å². The van der Waals surface area contributed by atoms with Gasteiger partial charge in [-0.1, -0.05) is 0 Å². The van der Waals surface area contributed by atoms with E-state index in [9.17, 15) is 13.2 Å². The highest BCUT2D eigenvalue weighted by Crippen LogP contribution is 2.29. The fraction of sp³-hybridized carbons (Fsp3) is 0.333. The zero-order valence-electron chi connectivity index (χ0n) is 10.8. The number of aromatic nitrogens is 3. The summed E-state index contributed by atoms with van der Waals surface area (Å²) in [6.07, 6.45) is -2.99. The molecule has 0 saturated carbocycles. The van der Waals surface area contributed by atoms with Gasteiger partial charge in [-0.15, -0.1) is 0 Å². The first-order valence-electron chi connectivity index (χ1n) is 5.83. The van der Waals surface area contributed by atoms with E-state index >= 15 is 0 Å². The van der Waals surface area contributed by atoms with Crippen LogP contribution in [0.5, 0.6) is 5.88 Å². The standard InChI is InChI=1S/C12H13F3N4O/c1-7(2)20-11-9(16)3-4-10(18-11)19-6-8(5-17-19)12(13,14)15/h3-7H,16H2,1-2H3. The number of hydrogen-bond acceptors (Lipinski definition) is 4. The predicted octanol–water partition coefficient (Wildman–Crippen LogP) is 2.66. The number of ether oxygens (including phenoxy) is 1. The summed E-state index contributed by atoms with van der Waals surface area (Å²) < 4.78 is 43.9. The average molecular weight is 286 g/mol. The van der Waals surface area contributed by atoms with E-state index in [1.807, 2.05) is 0 Å². The fourth-order valence-corrected chi connectivity index (χ4v) is 1.48. The van der Waals surface area contributed by atoms with Crippen molar-refractivity contribution in [2.24, 2.45) is 0 Å². The van der Waals surface area contributed by atoms with Gasteiger partial charge in [-0.25, -0.2) is 4.68 Å². The second kappa shape index (κ2) is 5.03. The normalized spacial score (nSPS) is 11.9. The molecule has 0 aliphatic rings. The summed E-state index contributed by atoms with van der Waals surface area (Å²) in [5.41, 5.74) is 5.16. The molecule has 8 heteroatoms. The Kier molecular flexibility index (Phi) is 3.56. The van der Waals surface area contributed by atoms with Gasteiger partial charge in [0.05, 0.1) is 23.6 Å². The van der Waals surface area contributed by atoms with Crippen LogP contribution >= 0.6 is 0 Å². The van der Waals surface area contributed by atoms with Gasteiger partial charge >= 0.3 is 6.18 Å². The molecule has 0 aromatic carbocycles. The van der Waals surface area contributed by atoms with E-state index in [-0.39, 0.29) is 17.8 Å². The minimum atomic E-state index is -4.44. The molecule has 0 radical (unpaired) electrons. The van der Waals surface area contributed by atoms with Crippen LogP contribution < -0.4 is 10.5 Å². The number of pyridine rings is 1. The Morgan fingerprint density at radius 2 is 2.00 bits per heavy atom. The van der Waals surface area contributed by atoms with Crippen molar-refractivity contribution in [2.75, 3.05) is 5.73 Å². The molecule has 2 rings (SSSR count). The summed E-state index contributed by atoms with van der Waals surface area (Å²) in [4.78, 5) is 4.06. The minimum absolute atomic E-state index is 0.150. The fourth-order valence-electron chi connectivity index (χ4n) is 1.48. The van der Waals surface area contributed by atoms with Crippen LogP contribution in [0, 0.1) is 0 Å². The molecule has 0 aliphatic heterocycles. The Balaban J connectivity index is 2.36. The van der Waals surface area contributed by atoms with Gasteiger partial charge in [0.1, 0.15) is 0 Å². The van der Waals surface area contributed by atoms with Crippen molar-refractivity contribution in [1.82, 2.24) is 14.8 Å². The Morgan fingerprint density at radius 1 is 1.30 bits per heavy atom. The first-order valence-corrected chi connectivity index (χ1v) is 5.83. The number of nitrogens with zero attached hydrogens (tertiary/aromatic N) is 3. The molecule has 2 N–H and O–H groups in total. The summed E-state index contributed by atoms with van der Waals surface area (Å²) in [5.74, 6) is 0.368. The number of alkyl halides is 3. The highest BCUT2D eigenvalue weighted by Gasteiger charge is 2.32. The lowest BCUT2D eigenvalue weighted by atomic mass is 10.3. The second-order valence-corrected chi connectivity index (χ2v) is 4.40. The number of anilines is 1. The van der Waals surface area contributed by atoms with E-state index in [4.69, 9.17) is 10.5 Å². The number of rotatable bonds is 3. The highest BCUT2D eigenvalue weighted by atomic mass is 19.4. The third-order valence-electron chi connectivity index (χ3n) is 2.37. The molecular formula is C12H13F3N4O. The summed E-state index contributed by atoms with van der Waals surface area (Å²) in [7, 11) is 0. The molecule has 2 aromatic rings. The molecule has 5 nitrogen and oxygen atoms in total. The molecule has 0 unspecified atom stereocenters. The van der Waals surface area contributed by atoms with E-state index in [1.54, 1.807) is 13.8 Å². The van der Waals surface area contributed by atoms with E-state index in [0.717, 1.165) is 17.1 Å². The molecular weight excluding hydrogens is 273 g/mol. The minimum Gasteiger partial charge on any atom is -0.473 e. The third kappa shape index (κ3) is 3.01. The van der Waals surface area contributed by atoms with Gasteiger partial charge in [-0.2, -0.15) is 23.3 Å². The first-order chi connectivity index (χ1) is 9.27. The molecule has 0 spiro atoms. The number of hydrogen-bond donors (Lipinski definition) is 1. The van der Waals surface area contributed by atoms with Crippen molar-refractivity contribution < 1.29 is 17.9 Å². The molecule has 0 amide bonds. The molecule has 0 aliphatic carbocycles. The van der Waals surface area contributed by atoms with E-state index < -0.39 is 11.7 Å². The van der Waals surface area contributed by atoms with Gasteiger partial charge in [0.25, 0.3) is 0 Å². The Morgan fingerprint density at radius 3 is 2.55 bits per heavy atom. The van der Waals surface area contributed by atoms with Gasteiger partial charge in [0.15, 0.2) is 5.82 Å². The van der Waals surface area contributed by atoms with Crippen LogP contribution in [0.1, 0.15) is 19.4 Å². The Bertz CT molecular complexity index is 607. The van der Waals surface area contributed by atoms with Crippen LogP contribution in [0.15, 0.2) is 24.5 Å². The lowest BCUT2D eigenvalue weighted by molar-refractivity contribution is -0.137. The van der Waals surface area contributed by atoms with Crippen molar-refractivity contribution in [3.8, 4) is 11.7 Å². The van der Waals surface area contributed by atoms with E-state index in [0.29, 0.717) is 5.69 Å². The number of nitrogen functional groups attached to an aromatic ring is 1. The quantitative estimate of drug-likeness (QED) is 0.942. The van der Waals surface area contributed by atoms with E-state index in [1.165, 1.54) is 12.1 Å². The lowest BCUT2D eigenvalue weighted by Gasteiger charge is -2.12. The van der Waals surface area contributed by atoms with Crippen LogP contribution in [-0.2, 0) is 6.18 Å². The van der Waals surface area contributed by atoms with Gasteiger partial charge < -0.3 is 10.5 Å². The maximum absolute atomic E-state index is 12.5. The summed E-state index contributed by atoms with van der Waals surface area (Å²) in [6, 6.07) is 2.98. The SMILES string of the molecule is CC(C)Oc1nc(-n2cc(C(F)(F)F)cn2)ccc1N. The maximum Gasteiger partial charge on any atom is 0.419 e. The molecule has 0 bridgehead atoms.